The van der Waals surface area contributed by atoms with Crippen molar-refractivity contribution in [3.8, 4) is 0 Å². The summed E-state index contributed by atoms with van der Waals surface area (Å²) in [6.45, 7) is 12.5. The highest BCUT2D eigenvalue weighted by Gasteiger charge is 2.16. The zero-order valence-electron chi connectivity index (χ0n) is 10.8. The van der Waals surface area contributed by atoms with E-state index in [1.54, 1.807) is 0 Å². The average molecular weight is 229 g/mol. The van der Waals surface area contributed by atoms with Crippen LogP contribution in [0.5, 0.6) is 0 Å². The van der Waals surface area contributed by atoms with Crippen molar-refractivity contribution in [3.63, 3.8) is 0 Å². The lowest BCUT2D eigenvalue weighted by Crippen LogP contribution is -2.47. The summed E-state index contributed by atoms with van der Waals surface area (Å²) in [5.41, 5.74) is 0. The third-order valence-corrected chi connectivity index (χ3v) is 3.42. The first-order chi connectivity index (χ1) is 7.80. The minimum atomic E-state index is 0.253. The van der Waals surface area contributed by atoms with Crippen molar-refractivity contribution in [1.29, 1.82) is 0 Å². The molecule has 16 heavy (non-hydrogen) atoms. The van der Waals surface area contributed by atoms with Crippen LogP contribution in [0, 0.1) is 0 Å². The molecule has 0 aromatic heterocycles. The van der Waals surface area contributed by atoms with Crippen LogP contribution in [0.15, 0.2) is 0 Å². The van der Waals surface area contributed by atoms with E-state index in [1.807, 2.05) is 0 Å². The lowest BCUT2D eigenvalue weighted by molar-refractivity contribution is 0.128. The molecule has 0 spiro atoms. The van der Waals surface area contributed by atoms with Crippen LogP contribution < -0.4 is 5.32 Å². The Morgan fingerprint density at radius 1 is 1.12 bits per heavy atom. The van der Waals surface area contributed by atoms with Crippen LogP contribution in [0.3, 0.4) is 0 Å². The van der Waals surface area contributed by atoms with E-state index in [1.165, 1.54) is 32.7 Å². The highest BCUT2D eigenvalue weighted by Crippen LogP contribution is 2.03. The van der Waals surface area contributed by atoms with Crippen LogP contribution in [0.1, 0.15) is 20.3 Å². The quantitative estimate of drug-likeness (QED) is 0.644. The van der Waals surface area contributed by atoms with Crippen molar-refractivity contribution < 1.29 is 5.11 Å². The molecule has 1 atom stereocenters. The van der Waals surface area contributed by atoms with Gasteiger partial charge in [0.15, 0.2) is 0 Å². The number of aliphatic hydroxyl groups is 1. The molecule has 1 fully saturated rings. The highest BCUT2D eigenvalue weighted by atomic mass is 16.3. The SMILES string of the molecule is CCNC(CO)CCN1CCN(CC)CC1. The van der Waals surface area contributed by atoms with Crippen molar-refractivity contribution in [2.45, 2.75) is 26.3 Å². The van der Waals surface area contributed by atoms with Gasteiger partial charge >= 0.3 is 0 Å². The minimum absolute atomic E-state index is 0.253. The number of hydrogen-bond donors (Lipinski definition) is 2. The van der Waals surface area contributed by atoms with Gasteiger partial charge in [0.2, 0.25) is 0 Å². The largest absolute Gasteiger partial charge is 0.395 e. The topological polar surface area (TPSA) is 38.7 Å². The molecule has 0 radical (unpaired) electrons. The molecule has 0 aliphatic carbocycles. The Bertz CT molecular complexity index is 170. The van der Waals surface area contributed by atoms with Gasteiger partial charge < -0.3 is 20.2 Å². The fourth-order valence-corrected chi connectivity index (χ4v) is 2.21. The number of rotatable bonds is 7. The summed E-state index contributed by atoms with van der Waals surface area (Å²) in [7, 11) is 0. The number of nitrogens with zero attached hydrogens (tertiary/aromatic N) is 2. The van der Waals surface area contributed by atoms with E-state index in [2.05, 4.69) is 29.0 Å². The fourth-order valence-electron chi connectivity index (χ4n) is 2.21. The molecule has 1 rings (SSSR count). The fraction of sp³-hybridized carbons (Fsp3) is 1.00. The van der Waals surface area contributed by atoms with Crippen LogP contribution in [-0.2, 0) is 0 Å². The Morgan fingerprint density at radius 2 is 1.75 bits per heavy atom. The molecule has 4 heteroatoms. The van der Waals surface area contributed by atoms with Gasteiger partial charge in [-0.15, -0.1) is 0 Å². The average Bonchev–Trinajstić information content (AvgIpc) is 2.35. The molecule has 0 aromatic carbocycles. The standard InChI is InChI=1S/C12H27N3O/c1-3-13-12(11-16)5-6-15-9-7-14(4-2)8-10-15/h12-13,16H,3-11H2,1-2H3. The summed E-state index contributed by atoms with van der Waals surface area (Å²) in [4.78, 5) is 5.00. The number of nitrogens with one attached hydrogen (secondary N) is 1. The van der Waals surface area contributed by atoms with Crippen LogP contribution in [-0.4, -0.2) is 73.4 Å². The van der Waals surface area contributed by atoms with Crippen LogP contribution in [0.4, 0.5) is 0 Å². The second-order valence-electron chi connectivity index (χ2n) is 4.50. The van der Waals surface area contributed by atoms with Gasteiger partial charge in [0.25, 0.3) is 0 Å². The summed E-state index contributed by atoms with van der Waals surface area (Å²) in [5.74, 6) is 0. The Morgan fingerprint density at radius 3 is 2.25 bits per heavy atom. The molecule has 1 saturated heterocycles. The zero-order chi connectivity index (χ0) is 11.8. The van der Waals surface area contributed by atoms with Crippen molar-refractivity contribution in [2.75, 3.05) is 52.4 Å². The molecule has 1 aliphatic heterocycles. The molecule has 0 bridgehead atoms. The van der Waals surface area contributed by atoms with Crippen molar-refractivity contribution in [2.24, 2.45) is 0 Å². The van der Waals surface area contributed by atoms with E-state index in [4.69, 9.17) is 0 Å². The smallest absolute Gasteiger partial charge is 0.0585 e. The van der Waals surface area contributed by atoms with Gasteiger partial charge in [-0.05, 0) is 26.1 Å². The number of aliphatic hydroxyl groups excluding tert-OH is 1. The first kappa shape index (κ1) is 13.9. The van der Waals surface area contributed by atoms with Gasteiger partial charge in [-0.3, -0.25) is 0 Å². The van der Waals surface area contributed by atoms with Crippen molar-refractivity contribution in [3.05, 3.63) is 0 Å². The molecule has 1 unspecified atom stereocenters. The van der Waals surface area contributed by atoms with E-state index in [9.17, 15) is 5.11 Å². The lowest BCUT2D eigenvalue weighted by Gasteiger charge is -2.34. The first-order valence-corrected chi connectivity index (χ1v) is 6.59. The summed E-state index contributed by atoms with van der Waals surface area (Å²) in [6, 6.07) is 0.272. The second kappa shape index (κ2) is 8.01. The van der Waals surface area contributed by atoms with E-state index in [-0.39, 0.29) is 12.6 Å². The maximum absolute atomic E-state index is 9.18. The Balaban J connectivity index is 2.13. The van der Waals surface area contributed by atoms with Crippen LogP contribution in [0.25, 0.3) is 0 Å². The monoisotopic (exact) mass is 229 g/mol. The lowest BCUT2D eigenvalue weighted by atomic mass is 10.2. The molecule has 2 N–H and O–H groups in total. The Hall–Kier alpha value is -0.160. The molecular weight excluding hydrogens is 202 g/mol. The normalized spacial score (nSPS) is 21.2. The van der Waals surface area contributed by atoms with Crippen molar-refractivity contribution >= 4 is 0 Å². The predicted octanol–water partition coefficient (Wildman–Crippen LogP) is -0.0156. The third kappa shape index (κ3) is 4.78. The Labute approximate surface area is 99.6 Å². The molecule has 1 aliphatic rings. The Kier molecular flexibility index (Phi) is 6.96. The zero-order valence-corrected chi connectivity index (χ0v) is 10.8. The predicted molar refractivity (Wildman–Crippen MR) is 67.7 cm³/mol. The number of piperazine rings is 1. The van der Waals surface area contributed by atoms with E-state index in [0.29, 0.717) is 0 Å². The van der Waals surface area contributed by atoms with Gasteiger partial charge in [0, 0.05) is 32.2 Å². The summed E-state index contributed by atoms with van der Waals surface area (Å²) in [5, 5.41) is 12.5. The molecule has 0 amide bonds. The van der Waals surface area contributed by atoms with Gasteiger partial charge in [-0.2, -0.15) is 0 Å². The highest BCUT2D eigenvalue weighted by molar-refractivity contribution is 4.73. The van der Waals surface area contributed by atoms with E-state index >= 15 is 0 Å². The maximum Gasteiger partial charge on any atom is 0.0585 e. The minimum Gasteiger partial charge on any atom is -0.395 e. The van der Waals surface area contributed by atoms with Gasteiger partial charge in [-0.1, -0.05) is 13.8 Å². The number of likely N-dealkylation sites (N-methyl/N-ethyl adjacent to an activating group) is 2. The second-order valence-corrected chi connectivity index (χ2v) is 4.50. The molecule has 0 saturated carbocycles. The summed E-state index contributed by atoms with van der Waals surface area (Å²) in [6.07, 6.45) is 1.05. The van der Waals surface area contributed by atoms with Gasteiger partial charge in [-0.25, -0.2) is 0 Å². The van der Waals surface area contributed by atoms with E-state index < -0.39 is 0 Å². The molecule has 1 heterocycles. The summed E-state index contributed by atoms with van der Waals surface area (Å²) >= 11 is 0. The molecule has 4 nitrogen and oxygen atoms in total. The van der Waals surface area contributed by atoms with E-state index in [0.717, 1.165) is 19.5 Å². The molecule has 96 valence electrons. The molecule has 0 aromatic rings. The van der Waals surface area contributed by atoms with Gasteiger partial charge in [0.05, 0.1) is 6.61 Å². The summed E-state index contributed by atoms with van der Waals surface area (Å²) < 4.78 is 0. The first-order valence-electron chi connectivity index (χ1n) is 6.59. The maximum atomic E-state index is 9.18. The number of hydrogen-bond acceptors (Lipinski definition) is 4. The third-order valence-electron chi connectivity index (χ3n) is 3.42. The van der Waals surface area contributed by atoms with Crippen molar-refractivity contribution in [1.82, 2.24) is 15.1 Å². The van der Waals surface area contributed by atoms with Crippen LogP contribution in [0.2, 0.25) is 0 Å². The van der Waals surface area contributed by atoms with Gasteiger partial charge in [0.1, 0.15) is 0 Å². The van der Waals surface area contributed by atoms with Crippen LogP contribution >= 0.6 is 0 Å². The molecular formula is C12H27N3O.